The van der Waals surface area contributed by atoms with Gasteiger partial charge in [-0.15, -0.1) is 0 Å². The van der Waals surface area contributed by atoms with Gasteiger partial charge in [0.25, 0.3) is 10.0 Å². The van der Waals surface area contributed by atoms with Crippen LogP contribution in [0.25, 0.3) is 10.1 Å². The molecule has 0 unspecified atom stereocenters. The van der Waals surface area contributed by atoms with Crippen LogP contribution in [-0.4, -0.2) is 50.4 Å². The first-order valence-electron chi connectivity index (χ1n) is 11.8. The lowest BCUT2D eigenvalue weighted by Crippen LogP contribution is -2.47. The molecule has 1 aliphatic rings. The molecule has 0 radical (unpaired) electrons. The summed E-state index contributed by atoms with van der Waals surface area (Å²) >= 11 is 1.52. The van der Waals surface area contributed by atoms with Gasteiger partial charge in [0, 0.05) is 43.8 Å². The molecular formula is C26H25F3N4O2S2. The topological polar surface area (TPSA) is 65.5 Å². The minimum atomic E-state index is -4.62. The normalized spacial score (nSPS) is 15.3. The van der Waals surface area contributed by atoms with Crippen LogP contribution in [0.15, 0.2) is 77.7 Å². The molecular weight excluding hydrogens is 521 g/mol. The van der Waals surface area contributed by atoms with Gasteiger partial charge in [0.1, 0.15) is 5.82 Å². The molecule has 0 spiro atoms. The fraction of sp³-hybridized carbons (Fsp3) is 0.269. The molecule has 6 nitrogen and oxygen atoms in total. The summed E-state index contributed by atoms with van der Waals surface area (Å²) in [7, 11) is -4.16. The van der Waals surface area contributed by atoms with Crippen molar-refractivity contribution in [2.45, 2.75) is 17.5 Å². The van der Waals surface area contributed by atoms with Crippen molar-refractivity contribution < 1.29 is 21.6 Å². The molecule has 0 aliphatic carbocycles. The summed E-state index contributed by atoms with van der Waals surface area (Å²) in [4.78, 5) is 4.25. The van der Waals surface area contributed by atoms with E-state index in [0.29, 0.717) is 11.8 Å². The van der Waals surface area contributed by atoms with Crippen LogP contribution in [0, 0.1) is 0 Å². The third-order valence-electron chi connectivity index (χ3n) is 6.40. The van der Waals surface area contributed by atoms with Crippen LogP contribution in [0.5, 0.6) is 0 Å². The van der Waals surface area contributed by atoms with E-state index in [4.69, 9.17) is 0 Å². The van der Waals surface area contributed by atoms with Gasteiger partial charge in [0.15, 0.2) is 0 Å². The summed E-state index contributed by atoms with van der Waals surface area (Å²) in [6.07, 6.45) is -3.90. The number of hydrogen-bond acceptors (Lipinski definition) is 6. The van der Waals surface area contributed by atoms with E-state index in [1.807, 2.05) is 18.2 Å². The molecule has 5 rings (SSSR count). The van der Waals surface area contributed by atoms with Gasteiger partial charge in [-0.1, -0.05) is 30.3 Å². The molecule has 1 aromatic heterocycles. The fourth-order valence-electron chi connectivity index (χ4n) is 4.42. The lowest BCUT2D eigenvalue weighted by Gasteiger charge is -2.35. The highest BCUT2D eigenvalue weighted by Gasteiger charge is 2.31. The standard InChI is InChI=1S/C26H25F3N4O2S2/c27-26(28,29)20-6-4-8-22(18-20)37(34,35)31-21-7-3-5-19(17-21)11-12-32-13-15-33(16-14-32)25-23-9-1-2-10-24(23)36-30-25/h1-10,17-18,31H,11-16H2. The Kier molecular flexibility index (Phi) is 7.11. The molecule has 0 bridgehead atoms. The average molecular weight is 547 g/mol. The number of halogens is 3. The van der Waals surface area contributed by atoms with Gasteiger partial charge in [-0.05, 0) is 66.0 Å². The Hall–Kier alpha value is -3.15. The predicted octanol–water partition coefficient (Wildman–Crippen LogP) is 5.48. The minimum Gasteiger partial charge on any atom is -0.353 e. The first-order valence-corrected chi connectivity index (χ1v) is 14.1. The van der Waals surface area contributed by atoms with Gasteiger partial charge in [-0.3, -0.25) is 9.62 Å². The van der Waals surface area contributed by atoms with Crippen LogP contribution < -0.4 is 9.62 Å². The molecule has 1 fully saturated rings. The Labute approximate surface area is 217 Å². The van der Waals surface area contributed by atoms with Crippen LogP contribution >= 0.6 is 11.5 Å². The zero-order chi connectivity index (χ0) is 26.0. The Morgan fingerprint density at radius 3 is 2.46 bits per heavy atom. The Morgan fingerprint density at radius 2 is 1.68 bits per heavy atom. The monoisotopic (exact) mass is 546 g/mol. The first-order chi connectivity index (χ1) is 17.7. The number of alkyl halides is 3. The Bertz CT molecular complexity index is 1500. The number of nitrogens with zero attached hydrogens (tertiary/aromatic N) is 3. The van der Waals surface area contributed by atoms with E-state index in [9.17, 15) is 21.6 Å². The number of piperazine rings is 1. The number of hydrogen-bond donors (Lipinski definition) is 1. The summed E-state index contributed by atoms with van der Waals surface area (Å²) in [5.41, 5.74) is 0.250. The Morgan fingerprint density at radius 1 is 0.919 bits per heavy atom. The van der Waals surface area contributed by atoms with E-state index >= 15 is 0 Å². The second-order valence-electron chi connectivity index (χ2n) is 8.91. The third-order valence-corrected chi connectivity index (χ3v) is 8.59. The van der Waals surface area contributed by atoms with E-state index in [1.54, 1.807) is 18.2 Å². The van der Waals surface area contributed by atoms with E-state index in [0.717, 1.165) is 68.7 Å². The highest BCUT2D eigenvalue weighted by molar-refractivity contribution is 7.92. The number of sulfonamides is 1. The smallest absolute Gasteiger partial charge is 0.353 e. The van der Waals surface area contributed by atoms with Gasteiger partial charge >= 0.3 is 6.18 Å². The lowest BCUT2D eigenvalue weighted by atomic mass is 10.1. The van der Waals surface area contributed by atoms with Gasteiger partial charge in [-0.2, -0.15) is 17.5 Å². The van der Waals surface area contributed by atoms with Crippen molar-refractivity contribution in [3.63, 3.8) is 0 Å². The van der Waals surface area contributed by atoms with Gasteiger partial charge in [0.05, 0.1) is 15.2 Å². The van der Waals surface area contributed by atoms with E-state index < -0.39 is 26.7 Å². The van der Waals surface area contributed by atoms with Crippen molar-refractivity contribution in [2.75, 3.05) is 42.3 Å². The van der Waals surface area contributed by atoms with Crippen LogP contribution in [-0.2, 0) is 22.6 Å². The number of fused-ring (bicyclic) bond motifs is 1. The molecule has 0 amide bonds. The highest BCUT2D eigenvalue weighted by Crippen LogP contribution is 2.31. The zero-order valence-electron chi connectivity index (χ0n) is 19.8. The van der Waals surface area contributed by atoms with Crippen molar-refractivity contribution in [1.82, 2.24) is 9.27 Å². The second kappa shape index (κ2) is 10.3. The highest BCUT2D eigenvalue weighted by atomic mass is 32.2. The number of anilines is 2. The molecule has 1 aliphatic heterocycles. The van der Waals surface area contributed by atoms with E-state index in [-0.39, 0.29) is 0 Å². The summed E-state index contributed by atoms with van der Waals surface area (Å²) < 4.78 is 72.7. The molecule has 11 heteroatoms. The Balaban J connectivity index is 1.18. The van der Waals surface area contributed by atoms with Crippen molar-refractivity contribution >= 4 is 43.1 Å². The fourth-order valence-corrected chi connectivity index (χ4v) is 6.31. The lowest BCUT2D eigenvalue weighted by molar-refractivity contribution is -0.137. The molecule has 0 atom stereocenters. The van der Waals surface area contributed by atoms with E-state index in [1.165, 1.54) is 21.6 Å². The molecule has 0 saturated carbocycles. The predicted molar refractivity (Wildman–Crippen MR) is 141 cm³/mol. The maximum Gasteiger partial charge on any atom is 0.416 e. The molecule has 37 heavy (non-hydrogen) atoms. The van der Waals surface area contributed by atoms with Crippen molar-refractivity contribution in [3.05, 3.63) is 83.9 Å². The van der Waals surface area contributed by atoms with Gasteiger partial charge in [-0.25, -0.2) is 8.42 Å². The largest absolute Gasteiger partial charge is 0.416 e. The average Bonchev–Trinajstić information content (AvgIpc) is 3.32. The van der Waals surface area contributed by atoms with Gasteiger partial charge in [0.2, 0.25) is 0 Å². The van der Waals surface area contributed by atoms with Crippen LogP contribution in [0.1, 0.15) is 11.1 Å². The van der Waals surface area contributed by atoms with Crippen LogP contribution in [0.2, 0.25) is 0 Å². The van der Waals surface area contributed by atoms with Crippen molar-refractivity contribution in [1.29, 1.82) is 0 Å². The molecule has 3 aromatic carbocycles. The van der Waals surface area contributed by atoms with Crippen LogP contribution in [0.4, 0.5) is 24.7 Å². The molecule has 1 saturated heterocycles. The molecule has 1 N–H and O–H groups in total. The third kappa shape index (κ3) is 5.89. The number of aromatic nitrogens is 1. The van der Waals surface area contributed by atoms with Crippen molar-refractivity contribution in [3.8, 4) is 0 Å². The SMILES string of the molecule is O=S(=O)(Nc1cccc(CCN2CCN(c3nsc4ccccc34)CC2)c1)c1cccc(C(F)(F)F)c1. The summed E-state index contributed by atoms with van der Waals surface area (Å²) in [6, 6.07) is 18.9. The summed E-state index contributed by atoms with van der Waals surface area (Å²) in [6.45, 7) is 4.37. The quantitative estimate of drug-likeness (QED) is 0.333. The summed E-state index contributed by atoms with van der Waals surface area (Å²) in [5, 5.41) is 1.19. The first kappa shape index (κ1) is 25.5. The minimum absolute atomic E-state index is 0.315. The van der Waals surface area contributed by atoms with E-state index in [2.05, 4.69) is 31.0 Å². The van der Waals surface area contributed by atoms with Crippen molar-refractivity contribution in [2.24, 2.45) is 0 Å². The molecule has 194 valence electrons. The maximum atomic E-state index is 13.0. The summed E-state index contributed by atoms with van der Waals surface area (Å²) in [5.74, 6) is 1.04. The maximum absolute atomic E-state index is 13.0. The van der Waals surface area contributed by atoms with Gasteiger partial charge < -0.3 is 4.90 Å². The molecule has 2 heterocycles. The van der Waals surface area contributed by atoms with Crippen LogP contribution in [0.3, 0.4) is 0 Å². The number of benzene rings is 3. The molecule has 4 aromatic rings. The number of rotatable bonds is 7. The number of nitrogens with one attached hydrogen (secondary N) is 1. The second-order valence-corrected chi connectivity index (χ2v) is 11.4. The zero-order valence-corrected chi connectivity index (χ0v) is 21.4.